The molecule has 1 aromatic carbocycles. The average molecular weight is 325 g/mol. The molecule has 1 saturated heterocycles. The Balaban J connectivity index is 1.79. The maximum absolute atomic E-state index is 12.5. The monoisotopic (exact) mass is 324 g/mol. The van der Waals surface area contributed by atoms with Crippen LogP contribution in [0.25, 0.3) is 0 Å². The molecule has 1 aromatic rings. The van der Waals surface area contributed by atoms with Gasteiger partial charge in [-0.1, -0.05) is 22.0 Å². The second-order valence-corrected chi connectivity index (χ2v) is 5.93. The van der Waals surface area contributed by atoms with Gasteiger partial charge in [-0.2, -0.15) is 0 Å². The molecule has 0 bridgehead atoms. The molecule has 0 N–H and O–H groups in total. The van der Waals surface area contributed by atoms with E-state index in [9.17, 15) is 4.79 Å². The van der Waals surface area contributed by atoms with Crippen LogP contribution >= 0.6 is 15.9 Å². The van der Waals surface area contributed by atoms with Crippen LogP contribution in [0.2, 0.25) is 0 Å². The topological polar surface area (TPSA) is 32.8 Å². The Hall–Kier alpha value is -0.910. The van der Waals surface area contributed by atoms with E-state index in [0.29, 0.717) is 6.54 Å². The molecule has 19 heavy (non-hydrogen) atoms. The van der Waals surface area contributed by atoms with E-state index in [1.165, 1.54) is 0 Å². The number of morpholine rings is 1. The summed E-state index contributed by atoms with van der Waals surface area (Å²) in [5.74, 6) is 0.135. The second kappa shape index (κ2) is 5.23. The largest absolute Gasteiger partial charge is 0.379 e. The Morgan fingerprint density at radius 3 is 2.79 bits per heavy atom. The highest BCUT2D eigenvalue weighted by molar-refractivity contribution is 9.10. The molecule has 0 spiro atoms. The molecule has 2 aliphatic heterocycles. The first-order chi connectivity index (χ1) is 9.16. The minimum atomic E-state index is 0.127. The fourth-order valence-corrected chi connectivity index (χ4v) is 3.11. The summed E-state index contributed by atoms with van der Waals surface area (Å²) in [5.41, 5.74) is 1.95. The van der Waals surface area contributed by atoms with Gasteiger partial charge < -0.3 is 9.64 Å². The van der Waals surface area contributed by atoms with Crippen molar-refractivity contribution in [3.63, 3.8) is 0 Å². The van der Waals surface area contributed by atoms with E-state index in [1.54, 1.807) is 0 Å². The molecular formula is C14H17BrN2O2. The van der Waals surface area contributed by atoms with Gasteiger partial charge in [0.15, 0.2) is 0 Å². The number of hydrogen-bond donors (Lipinski definition) is 0. The lowest BCUT2D eigenvalue weighted by atomic mass is 10.1. The lowest BCUT2D eigenvalue weighted by Crippen LogP contribution is -2.50. The highest BCUT2D eigenvalue weighted by atomic mass is 79.9. The summed E-state index contributed by atoms with van der Waals surface area (Å²) in [5, 5.41) is 0. The van der Waals surface area contributed by atoms with Gasteiger partial charge in [-0.25, -0.2) is 0 Å². The quantitative estimate of drug-likeness (QED) is 0.835. The molecule has 1 amide bonds. The number of rotatable bonds is 2. The number of nitrogens with zero attached hydrogens (tertiary/aromatic N) is 2. The molecule has 1 fully saturated rings. The van der Waals surface area contributed by atoms with Gasteiger partial charge in [0.05, 0.1) is 19.4 Å². The van der Waals surface area contributed by atoms with Crippen LogP contribution in [0.5, 0.6) is 0 Å². The number of benzene rings is 1. The maximum Gasteiger partial charge on any atom is 0.255 e. The molecule has 5 heteroatoms. The first-order valence-electron chi connectivity index (χ1n) is 6.58. The van der Waals surface area contributed by atoms with Crippen molar-refractivity contribution in [2.24, 2.45) is 0 Å². The lowest BCUT2D eigenvalue weighted by molar-refractivity contribution is -0.0205. The standard InChI is InChI=1S/C14H17BrN2O2/c1-10(16-4-6-19-7-5-16)17-9-11-2-3-12(15)8-13(11)14(17)18/h2-3,8,10H,4-7,9H2,1H3. The smallest absolute Gasteiger partial charge is 0.255 e. The molecule has 0 aromatic heterocycles. The van der Waals surface area contributed by atoms with Crippen LogP contribution in [0, 0.1) is 0 Å². The van der Waals surface area contributed by atoms with Crippen molar-refractivity contribution < 1.29 is 9.53 Å². The minimum Gasteiger partial charge on any atom is -0.379 e. The number of ether oxygens (including phenoxy) is 1. The van der Waals surface area contributed by atoms with E-state index in [-0.39, 0.29) is 12.1 Å². The van der Waals surface area contributed by atoms with Gasteiger partial charge >= 0.3 is 0 Å². The Labute approximate surface area is 121 Å². The van der Waals surface area contributed by atoms with Gasteiger partial charge in [-0.05, 0) is 24.6 Å². The Morgan fingerprint density at radius 2 is 2.05 bits per heavy atom. The Bertz CT molecular complexity index is 500. The fraction of sp³-hybridized carbons (Fsp3) is 0.500. The molecule has 2 heterocycles. The van der Waals surface area contributed by atoms with Gasteiger partial charge in [0.1, 0.15) is 0 Å². The number of fused-ring (bicyclic) bond motifs is 1. The van der Waals surface area contributed by atoms with Crippen LogP contribution in [0.1, 0.15) is 22.8 Å². The van der Waals surface area contributed by atoms with Crippen molar-refractivity contribution in [1.82, 2.24) is 9.80 Å². The zero-order valence-electron chi connectivity index (χ0n) is 10.9. The molecule has 2 aliphatic rings. The summed E-state index contributed by atoms with van der Waals surface area (Å²) >= 11 is 3.43. The van der Waals surface area contributed by atoms with E-state index in [0.717, 1.165) is 41.9 Å². The first-order valence-corrected chi connectivity index (χ1v) is 7.37. The van der Waals surface area contributed by atoms with Crippen molar-refractivity contribution >= 4 is 21.8 Å². The third kappa shape index (κ3) is 2.42. The summed E-state index contributed by atoms with van der Waals surface area (Å²) < 4.78 is 6.32. The highest BCUT2D eigenvalue weighted by Gasteiger charge is 2.33. The first kappa shape index (κ1) is 13.1. The van der Waals surface area contributed by atoms with Crippen LogP contribution < -0.4 is 0 Å². The maximum atomic E-state index is 12.5. The lowest BCUT2D eigenvalue weighted by Gasteiger charge is -2.37. The molecule has 0 radical (unpaired) electrons. The highest BCUT2D eigenvalue weighted by Crippen LogP contribution is 2.28. The van der Waals surface area contributed by atoms with E-state index < -0.39 is 0 Å². The van der Waals surface area contributed by atoms with Crippen LogP contribution in [0.4, 0.5) is 0 Å². The van der Waals surface area contributed by atoms with Crippen molar-refractivity contribution in [2.75, 3.05) is 26.3 Å². The molecule has 0 saturated carbocycles. The summed E-state index contributed by atoms with van der Waals surface area (Å²) in [4.78, 5) is 16.7. The van der Waals surface area contributed by atoms with Gasteiger partial charge in [0.25, 0.3) is 5.91 Å². The van der Waals surface area contributed by atoms with Gasteiger partial charge in [-0.3, -0.25) is 9.69 Å². The third-order valence-electron chi connectivity index (χ3n) is 3.93. The van der Waals surface area contributed by atoms with Crippen molar-refractivity contribution in [3.05, 3.63) is 33.8 Å². The molecule has 3 rings (SSSR count). The summed E-state index contributed by atoms with van der Waals surface area (Å²) in [6.45, 7) is 6.11. The van der Waals surface area contributed by atoms with E-state index in [1.807, 2.05) is 23.1 Å². The van der Waals surface area contributed by atoms with Gasteiger partial charge in [0, 0.05) is 29.7 Å². The molecular weight excluding hydrogens is 308 g/mol. The van der Waals surface area contributed by atoms with E-state index >= 15 is 0 Å². The summed E-state index contributed by atoms with van der Waals surface area (Å²) in [7, 11) is 0. The molecule has 1 atom stereocenters. The second-order valence-electron chi connectivity index (χ2n) is 5.01. The Kier molecular flexibility index (Phi) is 3.60. The number of carbonyl (C=O) groups excluding carboxylic acids is 1. The predicted octanol–water partition coefficient (Wildman–Crippen LogP) is 2.08. The number of hydrogen-bond acceptors (Lipinski definition) is 3. The average Bonchev–Trinajstić information content (AvgIpc) is 2.76. The molecule has 1 unspecified atom stereocenters. The zero-order valence-corrected chi connectivity index (χ0v) is 12.5. The van der Waals surface area contributed by atoms with Gasteiger partial charge in [0.2, 0.25) is 0 Å². The predicted molar refractivity (Wildman–Crippen MR) is 75.9 cm³/mol. The van der Waals surface area contributed by atoms with Crippen LogP contribution in [-0.4, -0.2) is 48.2 Å². The molecule has 0 aliphatic carbocycles. The number of carbonyl (C=O) groups is 1. The van der Waals surface area contributed by atoms with E-state index in [2.05, 4.69) is 27.8 Å². The van der Waals surface area contributed by atoms with Crippen LogP contribution in [0.3, 0.4) is 0 Å². The SMILES string of the molecule is CC(N1CCOCC1)N1Cc2ccc(Br)cc2C1=O. The van der Waals surface area contributed by atoms with Crippen molar-refractivity contribution in [2.45, 2.75) is 19.6 Å². The van der Waals surface area contributed by atoms with Crippen LogP contribution in [-0.2, 0) is 11.3 Å². The van der Waals surface area contributed by atoms with E-state index in [4.69, 9.17) is 4.74 Å². The molecule has 102 valence electrons. The van der Waals surface area contributed by atoms with Crippen molar-refractivity contribution in [1.29, 1.82) is 0 Å². The normalized spacial score (nSPS) is 21.6. The zero-order chi connectivity index (χ0) is 13.4. The fourth-order valence-electron chi connectivity index (χ4n) is 2.75. The Morgan fingerprint density at radius 1 is 1.32 bits per heavy atom. The molecule has 4 nitrogen and oxygen atoms in total. The third-order valence-corrected chi connectivity index (χ3v) is 4.42. The minimum absolute atomic E-state index is 0.127. The number of amides is 1. The summed E-state index contributed by atoms with van der Waals surface area (Å²) in [6.07, 6.45) is 0.127. The van der Waals surface area contributed by atoms with Crippen molar-refractivity contribution in [3.8, 4) is 0 Å². The van der Waals surface area contributed by atoms with Gasteiger partial charge in [-0.15, -0.1) is 0 Å². The van der Waals surface area contributed by atoms with Crippen LogP contribution in [0.15, 0.2) is 22.7 Å². The summed E-state index contributed by atoms with van der Waals surface area (Å²) in [6, 6.07) is 5.95. The number of halogens is 1.